The molecule has 0 aromatic heterocycles. The largest absolute Gasteiger partial charge is 0.345 e. The maximum absolute atomic E-state index is 12.5. The molecule has 1 unspecified atom stereocenters. The second-order valence-corrected chi connectivity index (χ2v) is 5.86. The van der Waals surface area contributed by atoms with Gasteiger partial charge in [0.25, 0.3) is 11.6 Å². The van der Waals surface area contributed by atoms with Crippen molar-refractivity contribution in [3.63, 3.8) is 0 Å². The van der Waals surface area contributed by atoms with E-state index in [4.69, 9.17) is 0 Å². The number of aryl methyl sites for hydroxylation is 1. The van der Waals surface area contributed by atoms with Crippen LogP contribution in [0.5, 0.6) is 0 Å². The number of rotatable bonds is 5. The van der Waals surface area contributed by atoms with Crippen LogP contribution in [0.25, 0.3) is 0 Å². The number of hydrogen-bond acceptors (Lipinski definition) is 3. The van der Waals surface area contributed by atoms with Crippen molar-refractivity contribution < 1.29 is 9.72 Å². The summed E-state index contributed by atoms with van der Waals surface area (Å²) in [6.45, 7) is 5.71. The Morgan fingerprint density at radius 1 is 1.13 bits per heavy atom. The van der Waals surface area contributed by atoms with Crippen LogP contribution in [-0.4, -0.2) is 10.8 Å². The topological polar surface area (TPSA) is 72.2 Å². The van der Waals surface area contributed by atoms with Crippen molar-refractivity contribution in [1.29, 1.82) is 0 Å². The fraction of sp³-hybridized carbons (Fsp3) is 0.278. The molecule has 0 spiro atoms. The molecule has 0 heterocycles. The van der Waals surface area contributed by atoms with Gasteiger partial charge in [-0.3, -0.25) is 14.9 Å². The molecule has 5 nitrogen and oxygen atoms in total. The highest BCUT2D eigenvalue weighted by atomic mass is 16.6. The Morgan fingerprint density at radius 3 is 2.30 bits per heavy atom. The quantitative estimate of drug-likeness (QED) is 0.669. The summed E-state index contributed by atoms with van der Waals surface area (Å²) >= 11 is 0. The van der Waals surface area contributed by atoms with E-state index in [2.05, 4.69) is 5.32 Å². The molecule has 0 radical (unpaired) electrons. The normalized spacial score (nSPS) is 12.0. The molecule has 0 saturated heterocycles. The van der Waals surface area contributed by atoms with Crippen LogP contribution in [0.3, 0.4) is 0 Å². The van der Waals surface area contributed by atoms with Gasteiger partial charge in [-0.05, 0) is 30.5 Å². The van der Waals surface area contributed by atoms with Gasteiger partial charge in [0.15, 0.2) is 0 Å². The lowest BCUT2D eigenvalue weighted by molar-refractivity contribution is -0.385. The summed E-state index contributed by atoms with van der Waals surface area (Å²) in [6.07, 6.45) is 0. The molecule has 0 aliphatic rings. The Kier molecular flexibility index (Phi) is 5.11. The average Bonchev–Trinajstić information content (AvgIpc) is 2.52. The van der Waals surface area contributed by atoms with Gasteiger partial charge in [-0.25, -0.2) is 0 Å². The molecule has 2 rings (SSSR count). The van der Waals surface area contributed by atoms with Crippen molar-refractivity contribution in [2.45, 2.75) is 26.8 Å². The first-order valence-electron chi connectivity index (χ1n) is 7.51. The molecule has 2 aromatic rings. The Morgan fingerprint density at radius 2 is 1.78 bits per heavy atom. The van der Waals surface area contributed by atoms with Crippen molar-refractivity contribution in [2.75, 3.05) is 0 Å². The first-order chi connectivity index (χ1) is 10.9. The summed E-state index contributed by atoms with van der Waals surface area (Å²) in [5.41, 5.74) is 1.96. The Balaban J connectivity index is 2.23. The van der Waals surface area contributed by atoms with E-state index in [0.717, 1.165) is 5.56 Å². The molecule has 1 N–H and O–H groups in total. The van der Waals surface area contributed by atoms with Crippen LogP contribution in [0.4, 0.5) is 5.69 Å². The molecule has 1 amide bonds. The van der Waals surface area contributed by atoms with Crippen molar-refractivity contribution in [3.05, 3.63) is 75.3 Å². The van der Waals surface area contributed by atoms with Crippen molar-refractivity contribution in [3.8, 4) is 0 Å². The summed E-state index contributed by atoms with van der Waals surface area (Å²) < 4.78 is 0. The van der Waals surface area contributed by atoms with E-state index in [1.54, 1.807) is 13.0 Å². The fourth-order valence-corrected chi connectivity index (χ4v) is 2.52. The fourth-order valence-electron chi connectivity index (χ4n) is 2.52. The molecule has 120 valence electrons. The number of nitrogens with zero attached hydrogens (tertiary/aromatic N) is 1. The van der Waals surface area contributed by atoms with Crippen LogP contribution < -0.4 is 5.32 Å². The molecule has 0 aliphatic carbocycles. The molecular weight excluding hydrogens is 292 g/mol. The molecular formula is C18H20N2O3. The third kappa shape index (κ3) is 3.94. The van der Waals surface area contributed by atoms with E-state index in [1.807, 2.05) is 44.2 Å². The third-order valence-electron chi connectivity index (χ3n) is 3.77. The van der Waals surface area contributed by atoms with E-state index < -0.39 is 4.92 Å². The first kappa shape index (κ1) is 16.7. The number of nitro benzene ring substituents is 1. The van der Waals surface area contributed by atoms with Gasteiger partial charge in [-0.15, -0.1) is 0 Å². The van der Waals surface area contributed by atoms with Gasteiger partial charge in [0.05, 0.1) is 11.0 Å². The zero-order chi connectivity index (χ0) is 17.0. The van der Waals surface area contributed by atoms with Gasteiger partial charge in [-0.2, -0.15) is 0 Å². The Bertz CT molecular complexity index is 711. The Hall–Kier alpha value is -2.69. The van der Waals surface area contributed by atoms with Gasteiger partial charge >= 0.3 is 0 Å². The molecule has 23 heavy (non-hydrogen) atoms. The van der Waals surface area contributed by atoms with E-state index in [9.17, 15) is 14.9 Å². The third-order valence-corrected chi connectivity index (χ3v) is 3.77. The van der Waals surface area contributed by atoms with Crippen LogP contribution in [-0.2, 0) is 0 Å². The van der Waals surface area contributed by atoms with Crippen molar-refractivity contribution >= 4 is 11.6 Å². The smallest absolute Gasteiger partial charge is 0.272 e. The lowest BCUT2D eigenvalue weighted by Crippen LogP contribution is -2.31. The number of benzene rings is 2. The minimum Gasteiger partial charge on any atom is -0.345 e. The number of carbonyl (C=O) groups is 1. The number of nitro groups is 1. The van der Waals surface area contributed by atoms with Crippen molar-refractivity contribution in [1.82, 2.24) is 5.32 Å². The standard InChI is InChI=1S/C18H20N2O3/c1-12(2)17(14-7-5-4-6-8-14)19-18(21)15-9-10-16(20(22)23)13(3)11-15/h4-12,17H,1-3H3,(H,19,21). The molecule has 0 saturated carbocycles. The number of nitrogens with one attached hydrogen (secondary N) is 1. The summed E-state index contributed by atoms with van der Waals surface area (Å²) in [5, 5.41) is 13.9. The maximum atomic E-state index is 12.5. The van der Waals surface area contributed by atoms with Crippen LogP contribution in [0.1, 0.15) is 41.4 Å². The summed E-state index contributed by atoms with van der Waals surface area (Å²) in [7, 11) is 0. The zero-order valence-corrected chi connectivity index (χ0v) is 13.4. The summed E-state index contributed by atoms with van der Waals surface area (Å²) in [6, 6.07) is 14.1. The van der Waals surface area contributed by atoms with Gasteiger partial charge in [0.2, 0.25) is 0 Å². The second-order valence-electron chi connectivity index (χ2n) is 5.86. The lowest BCUT2D eigenvalue weighted by atomic mass is 9.95. The van der Waals surface area contributed by atoms with E-state index in [-0.39, 0.29) is 23.6 Å². The van der Waals surface area contributed by atoms with Crippen molar-refractivity contribution in [2.24, 2.45) is 5.92 Å². The summed E-state index contributed by atoms with van der Waals surface area (Å²) in [5.74, 6) is -0.00829. The predicted octanol–water partition coefficient (Wildman–Crippen LogP) is 4.03. The highest BCUT2D eigenvalue weighted by molar-refractivity contribution is 5.95. The highest BCUT2D eigenvalue weighted by Crippen LogP contribution is 2.23. The first-order valence-corrected chi connectivity index (χ1v) is 7.51. The number of amides is 1. The maximum Gasteiger partial charge on any atom is 0.272 e. The van der Waals surface area contributed by atoms with Gasteiger partial charge in [-0.1, -0.05) is 44.2 Å². The van der Waals surface area contributed by atoms with Crippen LogP contribution in [0, 0.1) is 23.0 Å². The zero-order valence-electron chi connectivity index (χ0n) is 13.4. The van der Waals surface area contributed by atoms with Gasteiger partial charge in [0.1, 0.15) is 0 Å². The Labute approximate surface area is 135 Å². The highest BCUT2D eigenvalue weighted by Gasteiger charge is 2.20. The molecule has 2 aromatic carbocycles. The van der Waals surface area contributed by atoms with E-state index in [1.165, 1.54) is 12.1 Å². The van der Waals surface area contributed by atoms with E-state index in [0.29, 0.717) is 11.1 Å². The van der Waals surface area contributed by atoms with Gasteiger partial charge < -0.3 is 5.32 Å². The minimum absolute atomic E-state index is 0.0185. The average molecular weight is 312 g/mol. The van der Waals surface area contributed by atoms with E-state index >= 15 is 0 Å². The molecule has 1 atom stereocenters. The molecule has 0 bridgehead atoms. The molecule has 5 heteroatoms. The van der Waals surface area contributed by atoms with Crippen LogP contribution in [0.2, 0.25) is 0 Å². The van der Waals surface area contributed by atoms with Gasteiger partial charge in [0, 0.05) is 17.2 Å². The number of hydrogen-bond donors (Lipinski definition) is 1. The van der Waals surface area contributed by atoms with Crippen LogP contribution in [0.15, 0.2) is 48.5 Å². The van der Waals surface area contributed by atoms with Crippen LogP contribution >= 0.6 is 0 Å². The monoisotopic (exact) mass is 312 g/mol. The second kappa shape index (κ2) is 7.05. The lowest BCUT2D eigenvalue weighted by Gasteiger charge is -2.23. The number of carbonyl (C=O) groups excluding carboxylic acids is 1. The summed E-state index contributed by atoms with van der Waals surface area (Å²) in [4.78, 5) is 22.9. The molecule has 0 fully saturated rings. The minimum atomic E-state index is -0.447. The SMILES string of the molecule is Cc1cc(C(=O)NC(c2ccccc2)C(C)C)ccc1[N+](=O)[O-]. The predicted molar refractivity (Wildman–Crippen MR) is 89.3 cm³/mol. The molecule has 0 aliphatic heterocycles.